The second kappa shape index (κ2) is 7.37. The van der Waals surface area contributed by atoms with Crippen molar-refractivity contribution in [2.24, 2.45) is 11.8 Å². The first-order chi connectivity index (χ1) is 12.0. The molecule has 7 nitrogen and oxygen atoms in total. The van der Waals surface area contributed by atoms with Gasteiger partial charge in [-0.15, -0.1) is 0 Å². The third kappa shape index (κ3) is 3.75. The first-order valence-electron chi connectivity index (χ1n) is 9.09. The zero-order valence-corrected chi connectivity index (χ0v) is 15.5. The number of aromatic nitrogens is 4. The van der Waals surface area contributed by atoms with Gasteiger partial charge in [0.15, 0.2) is 0 Å². The van der Waals surface area contributed by atoms with E-state index in [9.17, 15) is 4.79 Å². The SMILES string of the molecule is CCOC(=O)CCc1c(C)nc2ncnn2c1N1CC(C)CC(C)C1. The van der Waals surface area contributed by atoms with E-state index in [0.29, 0.717) is 37.1 Å². The van der Waals surface area contributed by atoms with Crippen molar-refractivity contribution in [3.63, 3.8) is 0 Å². The molecule has 1 aliphatic heterocycles. The van der Waals surface area contributed by atoms with Gasteiger partial charge in [-0.2, -0.15) is 14.6 Å². The molecule has 3 rings (SSSR count). The molecule has 1 fully saturated rings. The van der Waals surface area contributed by atoms with Gasteiger partial charge >= 0.3 is 5.97 Å². The fraction of sp³-hybridized carbons (Fsp3) is 0.667. The quantitative estimate of drug-likeness (QED) is 0.775. The minimum Gasteiger partial charge on any atom is -0.466 e. The predicted octanol–water partition coefficient (Wildman–Crippen LogP) is 2.41. The highest BCUT2D eigenvalue weighted by atomic mass is 16.5. The maximum Gasteiger partial charge on any atom is 0.306 e. The lowest BCUT2D eigenvalue weighted by Gasteiger charge is -2.37. The smallest absolute Gasteiger partial charge is 0.306 e. The second-order valence-corrected chi connectivity index (χ2v) is 7.13. The molecule has 1 saturated heterocycles. The number of nitrogens with zero attached hydrogens (tertiary/aromatic N) is 5. The molecule has 0 amide bonds. The standard InChI is InChI=1S/C18H27N5O2/c1-5-25-16(24)7-6-15-14(4)21-18-19-11-20-23(18)17(15)22-9-12(2)8-13(3)10-22/h11-13H,5-10H2,1-4H3. The fourth-order valence-electron chi connectivity index (χ4n) is 3.88. The Kier molecular flexibility index (Phi) is 5.20. The lowest BCUT2D eigenvalue weighted by molar-refractivity contribution is -0.143. The minimum atomic E-state index is -0.174. The molecule has 0 spiro atoms. The molecular weight excluding hydrogens is 318 g/mol. The van der Waals surface area contributed by atoms with Crippen LogP contribution in [0.2, 0.25) is 0 Å². The summed E-state index contributed by atoms with van der Waals surface area (Å²) in [7, 11) is 0. The minimum absolute atomic E-state index is 0.174. The van der Waals surface area contributed by atoms with Crippen LogP contribution < -0.4 is 4.90 Å². The molecule has 2 unspecified atom stereocenters. The van der Waals surface area contributed by atoms with E-state index in [1.165, 1.54) is 12.7 Å². The molecule has 0 aliphatic carbocycles. The van der Waals surface area contributed by atoms with E-state index in [4.69, 9.17) is 4.74 Å². The number of carbonyl (C=O) groups is 1. The van der Waals surface area contributed by atoms with Crippen LogP contribution in [0.1, 0.15) is 44.9 Å². The van der Waals surface area contributed by atoms with Gasteiger partial charge < -0.3 is 9.64 Å². The van der Waals surface area contributed by atoms with Crippen molar-refractivity contribution < 1.29 is 9.53 Å². The molecule has 0 saturated carbocycles. The molecule has 2 atom stereocenters. The number of piperidine rings is 1. The predicted molar refractivity (Wildman–Crippen MR) is 95.6 cm³/mol. The molecule has 3 heterocycles. The van der Waals surface area contributed by atoms with E-state index >= 15 is 0 Å². The van der Waals surface area contributed by atoms with Crippen LogP contribution in [0.3, 0.4) is 0 Å². The number of rotatable bonds is 5. The van der Waals surface area contributed by atoms with Crippen LogP contribution in [0.25, 0.3) is 5.78 Å². The van der Waals surface area contributed by atoms with Crippen molar-refractivity contribution >= 4 is 17.6 Å². The van der Waals surface area contributed by atoms with Crippen molar-refractivity contribution in [3.8, 4) is 0 Å². The molecule has 0 N–H and O–H groups in total. The molecule has 136 valence electrons. The van der Waals surface area contributed by atoms with Gasteiger partial charge in [-0.3, -0.25) is 4.79 Å². The lowest BCUT2D eigenvalue weighted by atomic mass is 9.91. The number of fused-ring (bicyclic) bond motifs is 1. The number of carbonyl (C=O) groups excluding carboxylic acids is 1. The van der Waals surface area contributed by atoms with Gasteiger partial charge in [0, 0.05) is 30.8 Å². The number of hydrogen-bond donors (Lipinski definition) is 0. The maximum absolute atomic E-state index is 11.8. The summed E-state index contributed by atoms with van der Waals surface area (Å²) in [6.07, 6.45) is 3.72. The van der Waals surface area contributed by atoms with Crippen molar-refractivity contribution in [3.05, 3.63) is 17.6 Å². The van der Waals surface area contributed by atoms with Crippen LogP contribution in [0.5, 0.6) is 0 Å². The summed E-state index contributed by atoms with van der Waals surface area (Å²) in [6, 6.07) is 0. The molecule has 1 aliphatic rings. The largest absolute Gasteiger partial charge is 0.466 e. The number of esters is 1. The molecule has 2 aromatic heterocycles. The Hall–Kier alpha value is -2.18. The Morgan fingerprint density at radius 2 is 2.04 bits per heavy atom. The van der Waals surface area contributed by atoms with Crippen LogP contribution in [0.4, 0.5) is 5.82 Å². The molecular formula is C18H27N5O2. The summed E-state index contributed by atoms with van der Waals surface area (Å²) in [6.45, 7) is 10.8. The van der Waals surface area contributed by atoms with E-state index in [1.807, 2.05) is 18.4 Å². The third-order valence-corrected chi connectivity index (χ3v) is 4.76. The Morgan fingerprint density at radius 3 is 2.72 bits per heavy atom. The average Bonchev–Trinajstić information content (AvgIpc) is 2.99. The van der Waals surface area contributed by atoms with E-state index < -0.39 is 0 Å². The third-order valence-electron chi connectivity index (χ3n) is 4.76. The van der Waals surface area contributed by atoms with Gasteiger partial charge in [-0.05, 0) is 38.5 Å². The first-order valence-corrected chi connectivity index (χ1v) is 9.09. The summed E-state index contributed by atoms with van der Waals surface area (Å²) in [5.41, 5.74) is 1.97. The topological polar surface area (TPSA) is 72.6 Å². The highest BCUT2D eigenvalue weighted by molar-refractivity contribution is 5.70. The van der Waals surface area contributed by atoms with Crippen LogP contribution in [-0.4, -0.2) is 45.2 Å². The summed E-state index contributed by atoms with van der Waals surface area (Å²) >= 11 is 0. The van der Waals surface area contributed by atoms with Crippen molar-refractivity contribution in [1.82, 2.24) is 19.6 Å². The summed E-state index contributed by atoms with van der Waals surface area (Å²) in [5, 5.41) is 4.39. The number of hydrogen-bond acceptors (Lipinski definition) is 6. The van der Waals surface area contributed by atoms with Gasteiger partial charge in [-0.1, -0.05) is 13.8 Å². The van der Waals surface area contributed by atoms with Crippen molar-refractivity contribution in [1.29, 1.82) is 0 Å². The van der Waals surface area contributed by atoms with Crippen molar-refractivity contribution in [2.45, 2.75) is 47.0 Å². The summed E-state index contributed by atoms with van der Waals surface area (Å²) < 4.78 is 6.91. The van der Waals surface area contributed by atoms with Gasteiger partial charge in [-0.25, -0.2) is 4.98 Å². The van der Waals surface area contributed by atoms with Crippen LogP contribution >= 0.6 is 0 Å². The van der Waals surface area contributed by atoms with Gasteiger partial charge in [0.1, 0.15) is 12.1 Å². The fourth-order valence-corrected chi connectivity index (χ4v) is 3.88. The normalized spacial score (nSPS) is 20.9. The van der Waals surface area contributed by atoms with Crippen LogP contribution in [0, 0.1) is 18.8 Å². The summed E-state index contributed by atoms with van der Waals surface area (Å²) in [5.74, 6) is 2.70. The highest BCUT2D eigenvalue weighted by Gasteiger charge is 2.27. The Morgan fingerprint density at radius 1 is 1.32 bits per heavy atom. The first kappa shape index (κ1) is 17.6. The van der Waals surface area contributed by atoms with E-state index in [0.717, 1.165) is 30.2 Å². The molecule has 7 heteroatoms. The van der Waals surface area contributed by atoms with Gasteiger partial charge in [0.05, 0.1) is 6.61 Å². The monoisotopic (exact) mass is 345 g/mol. The number of anilines is 1. The molecule has 0 radical (unpaired) electrons. The van der Waals surface area contributed by atoms with Gasteiger partial charge in [0.25, 0.3) is 5.78 Å². The Balaban J connectivity index is 1.99. The lowest BCUT2D eigenvalue weighted by Crippen LogP contribution is -2.40. The van der Waals surface area contributed by atoms with Gasteiger partial charge in [0.2, 0.25) is 0 Å². The Bertz CT molecular complexity index is 747. The summed E-state index contributed by atoms with van der Waals surface area (Å²) in [4.78, 5) is 23.1. The zero-order chi connectivity index (χ0) is 18.0. The second-order valence-electron chi connectivity index (χ2n) is 7.13. The maximum atomic E-state index is 11.8. The molecule has 2 aromatic rings. The van der Waals surface area contributed by atoms with Crippen LogP contribution in [-0.2, 0) is 16.0 Å². The molecule has 0 aromatic carbocycles. The Labute approximate surface area is 148 Å². The van der Waals surface area contributed by atoms with Crippen LogP contribution in [0.15, 0.2) is 6.33 Å². The van der Waals surface area contributed by atoms with E-state index in [2.05, 4.69) is 33.8 Å². The van der Waals surface area contributed by atoms with Crippen molar-refractivity contribution in [2.75, 3.05) is 24.6 Å². The average molecular weight is 345 g/mol. The number of ether oxygens (including phenoxy) is 1. The molecule has 25 heavy (non-hydrogen) atoms. The zero-order valence-electron chi connectivity index (χ0n) is 15.5. The number of aryl methyl sites for hydroxylation is 1. The van der Waals surface area contributed by atoms with E-state index in [1.54, 1.807) is 0 Å². The van der Waals surface area contributed by atoms with E-state index in [-0.39, 0.29) is 5.97 Å². The molecule has 0 bridgehead atoms. The highest BCUT2D eigenvalue weighted by Crippen LogP contribution is 2.30.